The number of carboxylic acid groups (broad SMARTS) is 2. The number of hydrogen-bond donors (Lipinski definition) is 3. The number of aliphatic hydroxyl groups excluding tert-OH is 1. The largest absolute Gasteiger partial charge is 0.481 e. The number of carboxylic acids is 2. The van der Waals surface area contributed by atoms with E-state index < -0.39 is 18.0 Å². The van der Waals surface area contributed by atoms with Crippen LogP contribution in [-0.2, 0) is 9.59 Å². The molecule has 2 unspecified atom stereocenters. The first kappa shape index (κ1) is 17.4. The van der Waals surface area contributed by atoms with Crippen molar-refractivity contribution < 1.29 is 24.9 Å². The minimum absolute atomic E-state index is 0.0212. The molecule has 0 bridgehead atoms. The van der Waals surface area contributed by atoms with Gasteiger partial charge in [0, 0.05) is 0 Å². The van der Waals surface area contributed by atoms with Crippen LogP contribution in [0.5, 0.6) is 0 Å². The lowest BCUT2D eigenvalue weighted by Crippen LogP contribution is -2.20. The highest BCUT2D eigenvalue weighted by atomic mass is 16.4. The number of hydrogen-bond acceptors (Lipinski definition) is 3. The van der Waals surface area contributed by atoms with Crippen LogP contribution in [0.4, 0.5) is 0 Å². The van der Waals surface area contributed by atoms with E-state index in [1.807, 2.05) is 19.1 Å². The van der Waals surface area contributed by atoms with Crippen LogP contribution < -0.4 is 0 Å². The topological polar surface area (TPSA) is 94.8 Å². The summed E-state index contributed by atoms with van der Waals surface area (Å²) >= 11 is 0. The second kappa shape index (κ2) is 9.33. The van der Waals surface area contributed by atoms with E-state index in [1.54, 1.807) is 13.0 Å². The first-order chi connectivity index (χ1) is 8.82. The van der Waals surface area contributed by atoms with Gasteiger partial charge in [0.2, 0.25) is 0 Å². The van der Waals surface area contributed by atoms with E-state index in [0.717, 1.165) is 5.57 Å². The Morgan fingerprint density at radius 2 is 1.74 bits per heavy atom. The monoisotopic (exact) mass is 270 g/mol. The molecule has 108 valence electrons. The fourth-order valence-electron chi connectivity index (χ4n) is 1.46. The second-order valence-corrected chi connectivity index (χ2v) is 4.70. The Labute approximate surface area is 113 Å². The highest BCUT2D eigenvalue weighted by molar-refractivity contribution is 5.68. The summed E-state index contributed by atoms with van der Waals surface area (Å²) in [5.74, 6) is -1.97. The zero-order chi connectivity index (χ0) is 14.8. The molecule has 0 spiro atoms. The van der Waals surface area contributed by atoms with E-state index in [4.69, 9.17) is 10.2 Å². The summed E-state index contributed by atoms with van der Waals surface area (Å²) in [6, 6.07) is 0. The molecule has 5 nitrogen and oxygen atoms in total. The van der Waals surface area contributed by atoms with Crippen molar-refractivity contribution >= 4 is 11.9 Å². The Kier molecular flexibility index (Phi) is 8.53. The van der Waals surface area contributed by atoms with E-state index in [1.165, 1.54) is 0 Å². The van der Waals surface area contributed by atoms with Crippen LogP contribution in [0.15, 0.2) is 23.8 Å². The lowest BCUT2D eigenvalue weighted by molar-refractivity contribution is -0.140. The van der Waals surface area contributed by atoms with Crippen molar-refractivity contribution in [2.24, 2.45) is 5.92 Å². The maximum absolute atomic E-state index is 10.4. The van der Waals surface area contributed by atoms with Crippen LogP contribution in [0.25, 0.3) is 0 Å². The van der Waals surface area contributed by atoms with Crippen molar-refractivity contribution in [3.05, 3.63) is 23.8 Å². The van der Waals surface area contributed by atoms with Gasteiger partial charge in [-0.2, -0.15) is 0 Å². The quantitative estimate of drug-likeness (QED) is 0.558. The fraction of sp³-hybridized carbons (Fsp3) is 0.571. The molecule has 0 aromatic heterocycles. The van der Waals surface area contributed by atoms with E-state index in [2.05, 4.69) is 0 Å². The standard InChI is InChI=1S/C14H22O5/c1-10(7-8-13(16)17)5-3-4-6-11(2)12(15)9-14(18)19/h3-4,7,11-12,15H,5-6,8-9H2,1-2H3,(H,16,17)(H,18,19)/b4-3+,10-7+. The molecule has 0 rings (SSSR count). The van der Waals surface area contributed by atoms with Crippen molar-refractivity contribution in [2.45, 2.75) is 45.6 Å². The summed E-state index contributed by atoms with van der Waals surface area (Å²) in [4.78, 5) is 20.8. The molecule has 3 N–H and O–H groups in total. The van der Waals surface area contributed by atoms with E-state index in [9.17, 15) is 14.7 Å². The number of allylic oxidation sites excluding steroid dienone is 3. The molecular formula is C14H22O5. The maximum atomic E-state index is 10.4. The first-order valence-electron chi connectivity index (χ1n) is 6.25. The average molecular weight is 270 g/mol. The normalized spacial score (nSPS) is 15.4. The fourth-order valence-corrected chi connectivity index (χ4v) is 1.46. The van der Waals surface area contributed by atoms with Crippen LogP contribution in [0, 0.1) is 5.92 Å². The van der Waals surface area contributed by atoms with Crippen LogP contribution in [-0.4, -0.2) is 33.4 Å². The molecule has 0 aliphatic carbocycles. The molecule has 0 aromatic rings. The molecule has 0 aromatic carbocycles. The Hall–Kier alpha value is -1.62. The lowest BCUT2D eigenvalue weighted by atomic mass is 9.98. The number of rotatable bonds is 9. The Balaban J connectivity index is 3.99. The van der Waals surface area contributed by atoms with Crippen molar-refractivity contribution in [3.63, 3.8) is 0 Å². The summed E-state index contributed by atoms with van der Waals surface area (Å²) in [7, 11) is 0. The smallest absolute Gasteiger partial charge is 0.307 e. The number of aliphatic hydroxyl groups is 1. The predicted molar refractivity (Wildman–Crippen MR) is 71.8 cm³/mol. The second-order valence-electron chi connectivity index (χ2n) is 4.70. The molecule has 0 saturated carbocycles. The van der Waals surface area contributed by atoms with Crippen LogP contribution in [0.3, 0.4) is 0 Å². The zero-order valence-corrected chi connectivity index (χ0v) is 11.4. The third-order valence-corrected chi connectivity index (χ3v) is 2.78. The third-order valence-electron chi connectivity index (χ3n) is 2.78. The van der Waals surface area contributed by atoms with Gasteiger partial charge < -0.3 is 15.3 Å². The van der Waals surface area contributed by atoms with Gasteiger partial charge in [-0.25, -0.2) is 0 Å². The molecule has 0 radical (unpaired) electrons. The van der Waals surface area contributed by atoms with Crippen molar-refractivity contribution in [1.82, 2.24) is 0 Å². The third kappa shape index (κ3) is 10.0. The van der Waals surface area contributed by atoms with Gasteiger partial charge in [0.25, 0.3) is 0 Å². The highest BCUT2D eigenvalue weighted by Crippen LogP contribution is 2.13. The van der Waals surface area contributed by atoms with Gasteiger partial charge >= 0.3 is 11.9 Å². The summed E-state index contributed by atoms with van der Waals surface area (Å²) < 4.78 is 0. The molecule has 0 saturated heterocycles. The SMILES string of the molecule is C/C(=C\CC(=O)O)C/C=C/CC(C)C(O)CC(=O)O. The molecule has 5 heteroatoms. The molecule has 0 fully saturated rings. The minimum atomic E-state index is -1.00. The number of aliphatic carboxylic acids is 2. The molecule has 2 atom stereocenters. The summed E-state index contributed by atoms with van der Waals surface area (Å²) in [6.45, 7) is 3.65. The summed E-state index contributed by atoms with van der Waals surface area (Å²) in [5.41, 5.74) is 0.970. The predicted octanol–water partition coefficient (Wildman–Crippen LogP) is 2.22. The van der Waals surface area contributed by atoms with Gasteiger partial charge in [-0.15, -0.1) is 0 Å². The van der Waals surface area contributed by atoms with Crippen LogP contribution in [0.2, 0.25) is 0 Å². The van der Waals surface area contributed by atoms with Crippen molar-refractivity contribution in [3.8, 4) is 0 Å². The zero-order valence-electron chi connectivity index (χ0n) is 11.4. The Morgan fingerprint density at radius 1 is 1.11 bits per heavy atom. The van der Waals surface area contributed by atoms with Gasteiger partial charge in [-0.1, -0.05) is 30.7 Å². The highest BCUT2D eigenvalue weighted by Gasteiger charge is 2.15. The van der Waals surface area contributed by atoms with E-state index >= 15 is 0 Å². The molecular weight excluding hydrogens is 248 g/mol. The van der Waals surface area contributed by atoms with Gasteiger partial charge in [-0.3, -0.25) is 9.59 Å². The van der Waals surface area contributed by atoms with Gasteiger partial charge in [0.05, 0.1) is 18.9 Å². The van der Waals surface area contributed by atoms with Gasteiger partial charge in [0.1, 0.15) is 0 Å². The van der Waals surface area contributed by atoms with E-state index in [-0.39, 0.29) is 18.8 Å². The first-order valence-corrected chi connectivity index (χ1v) is 6.25. The van der Waals surface area contributed by atoms with Crippen LogP contribution >= 0.6 is 0 Å². The Morgan fingerprint density at radius 3 is 2.26 bits per heavy atom. The molecule has 0 amide bonds. The van der Waals surface area contributed by atoms with Crippen molar-refractivity contribution in [1.29, 1.82) is 0 Å². The van der Waals surface area contributed by atoms with Crippen molar-refractivity contribution in [2.75, 3.05) is 0 Å². The summed E-state index contributed by atoms with van der Waals surface area (Å²) in [5, 5.41) is 26.6. The lowest BCUT2D eigenvalue weighted by Gasteiger charge is -2.14. The van der Waals surface area contributed by atoms with Gasteiger partial charge in [0.15, 0.2) is 0 Å². The van der Waals surface area contributed by atoms with Crippen LogP contribution in [0.1, 0.15) is 39.5 Å². The van der Waals surface area contributed by atoms with E-state index in [0.29, 0.717) is 12.8 Å². The Bertz CT molecular complexity index is 357. The molecule has 0 aliphatic heterocycles. The molecule has 0 heterocycles. The molecule has 0 aliphatic rings. The molecule has 19 heavy (non-hydrogen) atoms. The number of carbonyl (C=O) groups is 2. The summed E-state index contributed by atoms with van der Waals surface area (Å²) in [6.07, 6.45) is 5.64. The average Bonchev–Trinajstić information content (AvgIpc) is 2.30. The van der Waals surface area contributed by atoms with Gasteiger partial charge in [-0.05, 0) is 25.7 Å². The maximum Gasteiger partial charge on any atom is 0.307 e. The minimum Gasteiger partial charge on any atom is -0.481 e.